The van der Waals surface area contributed by atoms with E-state index in [4.69, 9.17) is 14.3 Å². The monoisotopic (exact) mass is 346 g/mol. The van der Waals surface area contributed by atoms with Crippen LogP contribution in [-0.2, 0) is 14.4 Å². The molecule has 1 N–H and O–H groups in total. The van der Waals surface area contributed by atoms with Crippen LogP contribution in [0.15, 0.2) is 23.4 Å². The van der Waals surface area contributed by atoms with E-state index >= 15 is 0 Å². The van der Waals surface area contributed by atoms with Crippen LogP contribution >= 0.6 is 0 Å². The van der Waals surface area contributed by atoms with Crippen molar-refractivity contribution in [2.24, 2.45) is 5.16 Å². The third-order valence-electron chi connectivity index (χ3n) is 2.72. The summed E-state index contributed by atoms with van der Waals surface area (Å²) in [6, 6.07) is 4.28. The van der Waals surface area contributed by atoms with Crippen molar-refractivity contribution in [2.75, 3.05) is 34.0 Å². The molecule has 1 rings (SSSR count). The summed E-state index contributed by atoms with van der Waals surface area (Å²) in [7, 11) is 2.92. The highest BCUT2D eigenvalue weighted by molar-refractivity contribution is 5.81. The molecular weight excluding hydrogens is 326 g/mol. The number of nitrogens with one attached hydrogen (secondary N) is 1. The molecule has 24 heavy (non-hydrogen) atoms. The molecule has 9 heteroatoms. The molecule has 0 bridgehead atoms. The molecule has 0 aliphatic rings. The van der Waals surface area contributed by atoms with Gasteiger partial charge in [0.15, 0.2) is 18.1 Å². The Morgan fingerprint density at radius 3 is 2.79 bits per heavy atom. The summed E-state index contributed by atoms with van der Waals surface area (Å²) in [6.45, 7) is -2.12. The third-order valence-corrected chi connectivity index (χ3v) is 2.72. The fourth-order valence-corrected chi connectivity index (χ4v) is 1.65. The van der Waals surface area contributed by atoms with Crippen molar-refractivity contribution in [3.05, 3.63) is 23.8 Å². The van der Waals surface area contributed by atoms with Crippen molar-refractivity contribution in [3.63, 3.8) is 0 Å². The van der Waals surface area contributed by atoms with Crippen LogP contribution in [0.3, 0.4) is 0 Å². The summed E-state index contributed by atoms with van der Waals surface area (Å²) in [5, 5.41) is 6.27. The smallest absolute Gasteiger partial charge is 0.387 e. The van der Waals surface area contributed by atoms with Gasteiger partial charge in [0.2, 0.25) is 0 Å². The molecule has 0 spiro atoms. The molecule has 0 unspecified atom stereocenters. The number of alkyl halides is 2. The van der Waals surface area contributed by atoms with Gasteiger partial charge in [0.05, 0.1) is 13.3 Å². The van der Waals surface area contributed by atoms with Gasteiger partial charge in [-0.3, -0.25) is 4.79 Å². The quantitative estimate of drug-likeness (QED) is 0.376. The molecule has 134 valence electrons. The molecular formula is C15H20F2N2O5. The fourth-order valence-electron chi connectivity index (χ4n) is 1.65. The zero-order valence-electron chi connectivity index (χ0n) is 13.5. The number of amides is 1. The highest BCUT2D eigenvalue weighted by Crippen LogP contribution is 2.28. The van der Waals surface area contributed by atoms with Crippen molar-refractivity contribution in [2.45, 2.75) is 13.0 Å². The van der Waals surface area contributed by atoms with E-state index in [-0.39, 0.29) is 24.0 Å². The van der Waals surface area contributed by atoms with Crippen molar-refractivity contribution in [1.82, 2.24) is 5.32 Å². The zero-order chi connectivity index (χ0) is 17.8. The Kier molecular flexibility index (Phi) is 9.13. The largest absolute Gasteiger partial charge is 0.493 e. The van der Waals surface area contributed by atoms with Gasteiger partial charge in [0, 0.05) is 25.8 Å². The standard InChI is InChI=1S/C15H20F2N2O5/c1-21-7-3-6-18-14(20)10-23-19-9-11-4-5-12(24-15(16)17)13(8-11)22-2/h4-5,8-9,15H,3,6-7,10H2,1-2H3,(H,18,20). The first-order valence-electron chi connectivity index (χ1n) is 7.10. The first-order valence-corrected chi connectivity index (χ1v) is 7.10. The maximum Gasteiger partial charge on any atom is 0.387 e. The molecule has 0 saturated heterocycles. The molecule has 7 nitrogen and oxygen atoms in total. The van der Waals surface area contributed by atoms with Gasteiger partial charge >= 0.3 is 6.61 Å². The van der Waals surface area contributed by atoms with Gasteiger partial charge in [-0.05, 0) is 24.6 Å². The fraction of sp³-hybridized carbons (Fsp3) is 0.467. The van der Waals surface area contributed by atoms with Gasteiger partial charge in [-0.1, -0.05) is 5.16 Å². The van der Waals surface area contributed by atoms with Crippen molar-refractivity contribution in [1.29, 1.82) is 0 Å². The number of carbonyl (C=O) groups is 1. The molecule has 0 heterocycles. The zero-order valence-corrected chi connectivity index (χ0v) is 13.5. The summed E-state index contributed by atoms with van der Waals surface area (Å²) in [5.41, 5.74) is 0.536. The number of oxime groups is 1. The molecule has 0 aromatic heterocycles. The predicted molar refractivity (Wildman–Crippen MR) is 82.7 cm³/mol. The minimum atomic E-state index is -2.94. The Labute approximate surface area is 138 Å². The Balaban J connectivity index is 2.42. The number of nitrogens with zero attached hydrogens (tertiary/aromatic N) is 1. The van der Waals surface area contributed by atoms with Crippen LogP contribution in [0, 0.1) is 0 Å². The normalized spacial score (nSPS) is 10.9. The van der Waals surface area contributed by atoms with E-state index in [0.717, 1.165) is 0 Å². The summed E-state index contributed by atoms with van der Waals surface area (Å²) in [4.78, 5) is 16.3. The molecule has 0 radical (unpaired) electrons. The highest BCUT2D eigenvalue weighted by Gasteiger charge is 2.10. The second-order valence-electron chi connectivity index (χ2n) is 4.49. The van der Waals surface area contributed by atoms with Crippen LogP contribution in [0.1, 0.15) is 12.0 Å². The molecule has 0 aliphatic heterocycles. The van der Waals surface area contributed by atoms with Crippen LogP contribution in [0.4, 0.5) is 8.78 Å². The van der Waals surface area contributed by atoms with Gasteiger partial charge in [-0.2, -0.15) is 8.78 Å². The van der Waals surface area contributed by atoms with Crippen LogP contribution in [0.25, 0.3) is 0 Å². The molecule has 0 aliphatic carbocycles. The van der Waals surface area contributed by atoms with E-state index in [0.29, 0.717) is 25.1 Å². The predicted octanol–water partition coefficient (Wildman–Crippen LogP) is 1.80. The first kappa shape index (κ1) is 19.6. The second kappa shape index (κ2) is 11.2. The summed E-state index contributed by atoms with van der Waals surface area (Å²) in [6.07, 6.45) is 2.03. The molecule has 0 fully saturated rings. The first-order chi connectivity index (χ1) is 11.6. The SMILES string of the molecule is COCCCNC(=O)CON=Cc1ccc(OC(F)F)c(OC)c1. The van der Waals surface area contributed by atoms with Gasteiger partial charge in [-0.25, -0.2) is 0 Å². The van der Waals surface area contributed by atoms with E-state index in [1.54, 1.807) is 7.11 Å². The van der Waals surface area contributed by atoms with Crippen LogP contribution in [-0.4, -0.2) is 52.7 Å². The van der Waals surface area contributed by atoms with Gasteiger partial charge in [-0.15, -0.1) is 0 Å². The Morgan fingerprint density at radius 1 is 1.33 bits per heavy atom. The average Bonchev–Trinajstić information content (AvgIpc) is 2.56. The summed E-state index contributed by atoms with van der Waals surface area (Å²) < 4.78 is 38.6. The lowest BCUT2D eigenvalue weighted by Gasteiger charge is -2.09. The van der Waals surface area contributed by atoms with Crippen molar-refractivity contribution >= 4 is 12.1 Å². The molecule has 1 amide bonds. The van der Waals surface area contributed by atoms with Crippen molar-refractivity contribution in [3.8, 4) is 11.5 Å². The van der Waals surface area contributed by atoms with Crippen LogP contribution in [0.2, 0.25) is 0 Å². The Hall–Kier alpha value is -2.42. The summed E-state index contributed by atoms with van der Waals surface area (Å²) in [5.74, 6) is -0.252. The van der Waals surface area contributed by atoms with E-state index in [1.807, 2.05) is 0 Å². The lowest BCUT2D eigenvalue weighted by molar-refractivity contribution is -0.125. The summed E-state index contributed by atoms with van der Waals surface area (Å²) >= 11 is 0. The lowest BCUT2D eigenvalue weighted by Crippen LogP contribution is -2.28. The van der Waals surface area contributed by atoms with E-state index in [1.165, 1.54) is 31.5 Å². The second-order valence-corrected chi connectivity index (χ2v) is 4.49. The maximum atomic E-state index is 12.2. The average molecular weight is 346 g/mol. The number of methoxy groups -OCH3 is 2. The molecule has 0 atom stereocenters. The van der Waals surface area contributed by atoms with Crippen LogP contribution in [0.5, 0.6) is 11.5 Å². The minimum Gasteiger partial charge on any atom is -0.493 e. The topological polar surface area (TPSA) is 78.4 Å². The van der Waals surface area contributed by atoms with Gasteiger partial charge in [0.1, 0.15) is 0 Å². The molecule has 1 aromatic carbocycles. The molecule has 0 saturated carbocycles. The number of halogens is 2. The minimum absolute atomic E-state index is 0.0824. The highest BCUT2D eigenvalue weighted by atomic mass is 19.3. The van der Waals surface area contributed by atoms with Gasteiger partial charge in [0.25, 0.3) is 5.91 Å². The Morgan fingerprint density at radius 2 is 2.12 bits per heavy atom. The number of hydrogen-bond donors (Lipinski definition) is 1. The van der Waals surface area contributed by atoms with E-state index in [9.17, 15) is 13.6 Å². The number of rotatable bonds is 11. The number of benzene rings is 1. The Bertz CT molecular complexity index is 541. The molecule has 1 aromatic rings. The number of carbonyl (C=O) groups excluding carboxylic acids is 1. The van der Waals surface area contributed by atoms with Crippen molar-refractivity contribution < 1.29 is 32.6 Å². The lowest BCUT2D eigenvalue weighted by atomic mass is 10.2. The van der Waals surface area contributed by atoms with Crippen LogP contribution < -0.4 is 14.8 Å². The van der Waals surface area contributed by atoms with E-state index in [2.05, 4.69) is 15.2 Å². The third kappa shape index (κ3) is 7.73. The number of ether oxygens (including phenoxy) is 3. The maximum absolute atomic E-state index is 12.2. The van der Waals surface area contributed by atoms with Gasteiger partial charge < -0.3 is 24.4 Å². The van der Waals surface area contributed by atoms with E-state index < -0.39 is 6.61 Å². The number of hydrogen-bond acceptors (Lipinski definition) is 6.